The van der Waals surface area contributed by atoms with Crippen molar-refractivity contribution >= 4 is 51.1 Å². The second kappa shape index (κ2) is 8.21. The van der Waals surface area contributed by atoms with Gasteiger partial charge in [-0.15, -0.1) is 0 Å². The van der Waals surface area contributed by atoms with Crippen molar-refractivity contribution in [3.63, 3.8) is 0 Å². The molecule has 0 radical (unpaired) electrons. The van der Waals surface area contributed by atoms with Gasteiger partial charge in [-0.1, -0.05) is 51.3 Å². The maximum Gasteiger partial charge on any atom is 0.336 e. The standard InChI is InChI=1S/C16H13BrCl2FNO4/c1-25-16(24)13-10(6-20)21-9(5-17)12(15(22)23)11(13)7-3-2-4-8(18)14(7)19/h2-4,11,21H,5-6H2,1H3,(H,22,23). The highest BCUT2D eigenvalue weighted by molar-refractivity contribution is 9.09. The average Bonchev–Trinajstić information content (AvgIpc) is 2.61. The SMILES string of the molecule is COC(=O)C1=C(CF)NC(CBr)=C(C(=O)O)C1c1cccc(Cl)c1Cl. The molecule has 2 rings (SSSR count). The molecule has 0 saturated heterocycles. The van der Waals surface area contributed by atoms with E-state index in [1.54, 1.807) is 6.07 Å². The Balaban J connectivity index is 2.84. The molecule has 1 unspecified atom stereocenters. The van der Waals surface area contributed by atoms with Gasteiger partial charge in [0.15, 0.2) is 0 Å². The van der Waals surface area contributed by atoms with Crippen molar-refractivity contribution in [2.45, 2.75) is 5.92 Å². The van der Waals surface area contributed by atoms with Crippen molar-refractivity contribution in [3.05, 3.63) is 56.3 Å². The predicted octanol–water partition coefficient (Wildman–Crippen LogP) is 3.81. The van der Waals surface area contributed by atoms with Crippen LogP contribution >= 0.6 is 39.1 Å². The highest BCUT2D eigenvalue weighted by Crippen LogP contribution is 2.43. The van der Waals surface area contributed by atoms with E-state index in [0.29, 0.717) is 0 Å². The number of nitrogens with one attached hydrogen (secondary N) is 1. The molecule has 0 saturated carbocycles. The first-order valence-corrected chi connectivity index (χ1v) is 8.85. The molecule has 1 aromatic carbocycles. The molecular weight excluding hydrogens is 440 g/mol. The third-order valence-electron chi connectivity index (χ3n) is 3.72. The Morgan fingerprint density at radius 3 is 2.52 bits per heavy atom. The lowest BCUT2D eigenvalue weighted by Crippen LogP contribution is -2.34. The molecule has 2 N–H and O–H groups in total. The first-order valence-electron chi connectivity index (χ1n) is 6.97. The smallest absolute Gasteiger partial charge is 0.336 e. The van der Waals surface area contributed by atoms with E-state index < -0.39 is 24.5 Å². The van der Waals surface area contributed by atoms with E-state index in [-0.39, 0.29) is 43.5 Å². The molecule has 0 aliphatic carbocycles. The lowest BCUT2D eigenvalue weighted by atomic mass is 9.80. The number of carbonyl (C=O) groups is 2. The zero-order valence-electron chi connectivity index (χ0n) is 12.9. The number of aliphatic carboxylic acids is 1. The maximum atomic E-state index is 13.6. The van der Waals surface area contributed by atoms with E-state index in [4.69, 9.17) is 27.9 Å². The molecule has 1 heterocycles. The largest absolute Gasteiger partial charge is 0.478 e. The first-order chi connectivity index (χ1) is 11.9. The van der Waals surface area contributed by atoms with Gasteiger partial charge >= 0.3 is 11.9 Å². The molecule has 1 aromatic rings. The molecule has 25 heavy (non-hydrogen) atoms. The van der Waals surface area contributed by atoms with Crippen LogP contribution in [0.5, 0.6) is 0 Å². The van der Waals surface area contributed by atoms with E-state index >= 15 is 0 Å². The van der Waals surface area contributed by atoms with Crippen LogP contribution in [0.4, 0.5) is 4.39 Å². The van der Waals surface area contributed by atoms with Gasteiger partial charge in [0, 0.05) is 11.0 Å². The number of halogens is 4. The van der Waals surface area contributed by atoms with Crippen molar-refractivity contribution in [1.29, 1.82) is 0 Å². The Morgan fingerprint density at radius 1 is 1.32 bits per heavy atom. The van der Waals surface area contributed by atoms with E-state index in [2.05, 4.69) is 21.2 Å². The summed E-state index contributed by atoms with van der Waals surface area (Å²) in [7, 11) is 1.13. The zero-order valence-corrected chi connectivity index (χ0v) is 16.0. The Morgan fingerprint density at radius 2 is 2.00 bits per heavy atom. The van der Waals surface area contributed by atoms with Crippen molar-refractivity contribution in [2.24, 2.45) is 0 Å². The lowest BCUT2D eigenvalue weighted by Gasteiger charge is -2.30. The summed E-state index contributed by atoms with van der Waals surface area (Å²) in [4.78, 5) is 24.2. The van der Waals surface area contributed by atoms with Crippen LogP contribution in [0.2, 0.25) is 10.0 Å². The Kier molecular flexibility index (Phi) is 6.48. The van der Waals surface area contributed by atoms with Crippen LogP contribution in [0.25, 0.3) is 0 Å². The normalized spacial score (nSPS) is 17.4. The molecule has 0 fully saturated rings. The molecule has 5 nitrogen and oxygen atoms in total. The monoisotopic (exact) mass is 451 g/mol. The predicted molar refractivity (Wildman–Crippen MR) is 95.8 cm³/mol. The summed E-state index contributed by atoms with van der Waals surface area (Å²) in [6.07, 6.45) is 0. The fourth-order valence-corrected chi connectivity index (χ4v) is 3.54. The number of rotatable bonds is 5. The van der Waals surface area contributed by atoms with Gasteiger partial charge in [0.2, 0.25) is 0 Å². The van der Waals surface area contributed by atoms with Gasteiger partial charge in [0.1, 0.15) is 6.67 Å². The Hall–Kier alpha value is -1.57. The molecule has 9 heteroatoms. The number of hydrogen-bond donors (Lipinski definition) is 2. The minimum atomic E-state index is -1.28. The number of dihydropyridines is 1. The number of methoxy groups -OCH3 is 1. The van der Waals surface area contributed by atoms with Crippen LogP contribution in [-0.2, 0) is 14.3 Å². The highest BCUT2D eigenvalue weighted by atomic mass is 79.9. The van der Waals surface area contributed by atoms with Crippen LogP contribution in [0.1, 0.15) is 11.5 Å². The fourth-order valence-electron chi connectivity index (χ4n) is 2.68. The van der Waals surface area contributed by atoms with E-state index in [1.165, 1.54) is 12.1 Å². The molecule has 0 bridgehead atoms. The van der Waals surface area contributed by atoms with Gasteiger partial charge in [-0.2, -0.15) is 0 Å². The molecule has 0 amide bonds. The number of alkyl halides is 2. The quantitative estimate of drug-likeness (QED) is 0.524. The Bertz CT molecular complexity index is 794. The summed E-state index contributed by atoms with van der Waals surface area (Å²) in [6.45, 7) is -1.01. The highest BCUT2D eigenvalue weighted by Gasteiger charge is 2.39. The summed E-state index contributed by atoms with van der Waals surface area (Å²) < 4.78 is 18.3. The van der Waals surface area contributed by atoms with Crippen LogP contribution in [0, 0.1) is 0 Å². The van der Waals surface area contributed by atoms with Gasteiger partial charge in [-0.3, -0.25) is 0 Å². The van der Waals surface area contributed by atoms with Crippen LogP contribution in [-0.4, -0.2) is 36.2 Å². The number of allylic oxidation sites excluding steroid dienone is 2. The molecule has 1 atom stereocenters. The second-order valence-corrected chi connectivity index (χ2v) is 6.40. The average molecular weight is 453 g/mol. The van der Waals surface area contributed by atoms with Gasteiger partial charge in [0.25, 0.3) is 0 Å². The number of carboxylic acids is 1. The molecule has 1 aliphatic heterocycles. The third-order valence-corrected chi connectivity index (χ3v) is 5.12. The number of carboxylic acid groups (broad SMARTS) is 1. The third kappa shape index (κ3) is 3.68. The number of benzene rings is 1. The number of carbonyl (C=O) groups excluding carboxylic acids is 1. The topological polar surface area (TPSA) is 75.6 Å². The first kappa shape index (κ1) is 19.8. The van der Waals surface area contributed by atoms with Crippen molar-refractivity contribution < 1.29 is 23.8 Å². The number of hydrogen-bond acceptors (Lipinski definition) is 4. The van der Waals surface area contributed by atoms with Gasteiger partial charge in [-0.25, -0.2) is 14.0 Å². The fraction of sp³-hybridized carbons (Fsp3) is 0.250. The summed E-state index contributed by atoms with van der Waals surface area (Å²) >= 11 is 15.5. The summed E-state index contributed by atoms with van der Waals surface area (Å²) in [6, 6.07) is 4.64. The molecular formula is C16H13BrCl2FNO4. The van der Waals surface area contributed by atoms with Crippen molar-refractivity contribution in [2.75, 3.05) is 19.1 Å². The summed E-state index contributed by atoms with van der Waals surface area (Å²) in [5.41, 5.74) is 0.119. The van der Waals surface area contributed by atoms with Crippen LogP contribution < -0.4 is 5.32 Å². The summed E-state index contributed by atoms with van der Waals surface area (Å²) in [5, 5.41) is 12.8. The summed E-state index contributed by atoms with van der Waals surface area (Å²) in [5.74, 6) is -3.26. The van der Waals surface area contributed by atoms with Crippen LogP contribution in [0.3, 0.4) is 0 Å². The minimum absolute atomic E-state index is 0.0765. The lowest BCUT2D eigenvalue weighted by molar-refractivity contribution is -0.136. The molecule has 0 spiro atoms. The Labute approximate surface area is 161 Å². The van der Waals surface area contributed by atoms with Gasteiger partial charge in [0.05, 0.1) is 39.9 Å². The van der Waals surface area contributed by atoms with E-state index in [0.717, 1.165) is 7.11 Å². The molecule has 1 aliphatic rings. The van der Waals surface area contributed by atoms with Crippen molar-refractivity contribution in [3.8, 4) is 0 Å². The minimum Gasteiger partial charge on any atom is -0.478 e. The van der Waals surface area contributed by atoms with Crippen LogP contribution in [0.15, 0.2) is 40.7 Å². The van der Waals surface area contributed by atoms with Gasteiger partial charge < -0.3 is 15.2 Å². The molecule has 134 valence electrons. The van der Waals surface area contributed by atoms with E-state index in [9.17, 15) is 19.1 Å². The van der Waals surface area contributed by atoms with Gasteiger partial charge in [-0.05, 0) is 11.6 Å². The van der Waals surface area contributed by atoms with E-state index in [1.807, 2.05) is 0 Å². The number of esters is 1. The zero-order chi connectivity index (χ0) is 18.7. The second-order valence-electron chi connectivity index (χ2n) is 5.05. The number of ether oxygens (including phenoxy) is 1. The molecule has 0 aromatic heterocycles. The maximum absolute atomic E-state index is 13.6. The van der Waals surface area contributed by atoms with Crippen molar-refractivity contribution in [1.82, 2.24) is 5.32 Å².